The van der Waals surface area contributed by atoms with Crippen molar-refractivity contribution in [3.8, 4) is 0 Å². The van der Waals surface area contributed by atoms with Gasteiger partial charge in [0, 0.05) is 24.8 Å². The van der Waals surface area contributed by atoms with E-state index >= 15 is 0 Å². The van der Waals surface area contributed by atoms with Crippen molar-refractivity contribution in [2.75, 3.05) is 36.5 Å². The Balaban J connectivity index is 1.72. The molecule has 2 amide bonds. The predicted molar refractivity (Wildman–Crippen MR) is 98.1 cm³/mol. The summed E-state index contributed by atoms with van der Waals surface area (Å²) < 4.78 is 45.9. The Morgan fingerprint density at radius 1 is 1.07 bits per heavy atom. The van der Waals surface area contributed by atoms with E-state index in [1.165, 1.54) is 6.07 Å². The highest BCUT2D eigenvalue weighted by atomic mass is 19.4. The van der Waals surface area contributed by atoms with E-state index in [1.807, 2.05) is 4.90 Å². The molecular formula is C19H26F3N3O2. The topological polar surface area (TPSA) is 53.6 Å². The first-order valence-electron chi connectivity index (χ1n) is 9.55. The Kier molecular flexibility index (Phi) is 6.46. The van der Waals surface area contributed by atoms with Crippen LogP contribution in [0, 0.1) is 0 Å². The summed E-state index contributed by atoms with van der Waals surface area (Å²) in [6.45, 7) is 2.08. The van der Waals surface area contributed by atoms with E-state index < -0.39 is 17.8 Å². The van der Waals surface area contributed by atoms with Gasteiger partial charge in [0.05, 0.1) is 24.5 Å². The maximum Gasteiger partial charge on any atom is 0.418 e. The van der Waals surface area contributed by atoms with Gasteiger partial charge in [-0.15, -0.1) is 0 Å². The fourth-order valence-corrected chi connectivity index (χ4v) is 3.66. The number of ether oxygens (including phenoxy) is 1. The lowest BCUT2D eigenvalue weighted by Crippen LogP contribution is -2.38. The van der Waals surface area contributed by atoms with E-state index in [2.05, 4.69) is 10.6 Å². The van der Waals surface area contributed by atoms with Crippen LogP contribution in [0.1, 0.15) is 44.1 Å². The smallest absolute Gasteiger partial charge is 0.378 e. The zero-order valence-corrected chi connectivity index (χ0v) is 15.3. The number of amides is 2. The summed E-state index contributed by atoms with van der Waals surface area (Å²) in [7, 11) is 0. The second-order valence-electron chi connectivity index (χ2n) is 7.11. The molecule has 3 rings (SSSR count). The zero-order valence-electron chi connectivity index (χ0n) is 15.3. The summed E-state index contributed by atoms with van der Waals surface area (Å²) in [5.74, 6) is 0. The monoisotopic (exact) mass is 385 g/mol. The van der Waals surface area contributed by atoms with E-state index in [4.69, 9.17) is 4.74 Å². The molecule has 150 valence electrons. The zero-order chi connectivity index (χ0) is 19.3. The lowest BCUT2D eigenvalue weighted by atomic mass is 10.1. The standard InChI is InChI=1S/C19H26F3N3O2/c20-19(21,22)16-13-15(25-9-11-27-12-10-25)7-8-17(16)24-18(26)23-14-5-3-1-2-4-6-14/h7-8,13-14H,1-6,9-12H2,(H2,23,24,26). The Hall–Kier alpha value is -1.96. The number of hydrogen-bond donors (Lipinski definition) is 2. The maximum atomic E-state index is 13.5. The van der Waals surface area contributed by atoms with Gasteiger partial charge in [-0.05, 0) is 31.0 Å². The number of benzene rings is 1. The number of carbonyl (C=O) groups is 1. The summed E-state index contributed by atoms with van der Waals surface area (Å²) in [5.41, 5.74) is -0.562. The average Bonchev–Trinajstić information content (AvgIpc) is 2.90. The minimum absolute atomic E-state index is 0.0226. The normalized spacial score (nSPS) is 19.4. The number of morpholine rings is 1. The molecule has 1 saturated heterocycles. The first-order valence-corrected chi connectivity index (χ1v) is 9.55. The summed E-state index contributed by atoms with van der Waals surface area (Å²) in [4.78, 5) is 14.1. The average molecular weight is 385 g/mol. The summed E-state index contributed by atoms with van der Waals surface area (Å²) in [5, 5.41) is 5.22. The molecule has 0 bridgehead atoms. The van der Waals surface area contributed by atoms with Gasteiger partial charge < -0.3 is 20.3 Å². The third-order valence-corrected chi connectivity index (χ3v) is 5.12. The van der Waals surface area contributed by atoms with Crippen LogP contribution >= 0.6 is 0 Å². The van der Waals surface area contributed by atoms with Crippen LogP contribution in [0.3, 0.4) is 0 Å². The van der Waals surface area contributed by atoms with Gasteiger partial charge in [0.15, 0.2) is 0 Å². The maximum absolute atomic E-state index is 13.5. The van der Waals surface area contributed by atoms with Gasteiger partial charge in [0.1, 0.15) is 0 Å². The number of rotatable bonds is 3. The fourth-order valence-electron chi connectivity index (χ4n) is 3.66. The van der Waals surface area contributed by atoms with Crippen molar-refractivity contribution in [2.24, 2.45) is 0 Å². The number of nitrogens with one attached hydrogen (secondary N) is 2. The van der Waals surface area contributed by atoms with Gasteiger partial charge in [0.25, 0.3) is 0 Å². The number of urea groups is 1. The molecule has 8 heteroatoms. The molecule has 2 fully saturated rings. The van der Waals surface area contributed by atoms with Crippen LogP contribution in [0.4, 0.5) is 29.3 Å². The molecule has 5 nitrogen and oxygen atoms in total. The van der Waals surface area contributed by atoms with Crippen LogP contribution in [0.25, 0.3) is 0 Å². The van der Waals surface area contributed by atoms with Gasteiger partial charge in [-0.3, -0.25) is 0 Å². The highest BCUT2D eigenvalue weighted by Crippen LogP contribution is 2.37. The first kappa shape index (κ1) is 19.8. The minimum atomic E-state index is -4.55. The third kappa shape index (κ3) is 5.51. The van der Waals surface area contributed by atoms with Crippen LogP contribution in [0.15, 0.2) is 18.2 Å². The molecule has 1 heterocycles. The molecule has 0 aromatic heterocycles. The molecule has 1 aromatic carbocycles. The van der Waals surface area contributed by atoms with Crippen LogP contribution < -0.4 is 15.5 Å². The highest BCUT2D eigenvalue weighted by Gasteiger charge is 2.35. The summed E-state index contributed by atoms with van der Waals surface area (Å²) in [6, 6.07) is 3.50. The number of nitrogens with zero attached hydrogens (tertiary/aromatic N) is 1. The first-order chi connectivity index (χ1) is 12.9. The van der Waals surface area contributed by atoms with Gasteiger partial charge >= 0.3 is 12.2 Å². The number of hydrogen-bond acceptors (Lipinski definition) is 3. The van der Waals surface area contributed by atoms with Gasteiger partial charge in [-0.1, -0.05) is 25.7 Å². The Morgan fingerprint density at radius 3 is 2.37 bits per heavy atom. The lowest BCUT2D eigenvalue weighted by molar-refractivity contribution is -0.136. The molecule has 0 atom stereocenters. The Morgan fingerprint density at radius 2 is 1.74 bits per heavy atom. The van der Waals surface area contributed by atoms with Crippen molar-refractivity contribution in [3.63, 3.8) is 0 Å². The van der Waals surface area contributed by atoms with Crippen molar-refractivity contribution >= 4 is 17.4 Å². The lowest BCUT2D eigenvalue weighted by Gasteiger charge is -2.29. The molecule has 1 aromatic rings. The Bertz CT molecular complexity index is 638. The second-order valence-corrected chi connectivity index (χ2v) is 7.11. The van der Waals surface area contributed by atoms with E-state index in [-0.39, 0.29) is 11.7 Å². The van der Waals surface area contributed by atoms with E-state index in [9.17, 15) is 18.0 Å². The van der Waals surface area contributed by atoms with E-state index in [1.54, 1.807) is 6.07 Å². The number of anilines is 2. The van der Waals surface area contributed by atoms with Crippen LogP contribution in [-0.4, -0.2) is 38.4 Å². The molecule has 27 heavy (non-hydrogen) atoms. The summed E-state index contributed by atoms with van der Waals surface area (Å²) in [6.07, 6.45) is 1.54. The van der Waals surface area contributed by atoms with Crippen molar-refractivity contribution in [2.45, 2.75) is 50.7 Å². The second kappa shape index (κ2) is 8.82. The third-order valence-electron chi connectivity index (χ3n) is 5.12. The SMILES string of the molecule is O=C(Nc1ccc(N2CCOCC2)cc1C(F)(F)F)NC1CCCCCC1. The number of carbonyl (C=O) groups excluding carboxylic acids is 1. The van der Waals surface area contributed by atoms with Crippen molar-refractivity contribution in [1.29, 1.82) is 0 Å². The quantitative estimate of drug-likeness (QED) is 0.759. The van der Waals surface area contributed by atoms with Crippen LogP contribution in [0.5, 0.6) is 0 Å². The van der Waals surface area contributed by atoms with E-state index in [0.717, 1.165) is 44.6 Å². The van der Waals surface area contributed by atoms with Crippen LogP contribution in [-0.2, 0) is 10.9 Å². The molecule has 0 spiro atoms. The van der Waals surface area contributed by atoms with E-state index in [0.29, 0.717) is 32.0 Å². The molecule has 2 aliphatic rings. The molecule has 1 aliphatic heterocycles. The molecule has 1 aliphatic carbocycles. The van der Waals surface area contributed by atoms with Crippen molar-refractivity contribution in [1.82, 2.24) is 5.32 Å². The predicted octanol–water partition coefficient (Wildman–Crippen LogP) is 4.39. The van der Waals surface area contributed by atoms with Crippen molar-refractivity contribution < 1.29 is 22.7 Å². The van der Waals surface area contributed by atoms with Gasteiger partial charge in [-0.25, -0.2) is 4.79 Å². The fraction of sp³-hybridized carbons (Fsp3) is 0.632. The van der Waals surface area contributed by atoms with Gasteiger partial charge in [-0.2, -0.15) is 13.2 Å². The largest absolute Gasteiger partial charge is 0.418 e. The minimum Gasteiger partial charge on any atom is -0.378 e. The van der Waals surface area contributed by atoms with Gasteiger partial charge in [0.2, 0.25) is 0 Å². The van der Waals surface area contributed by atoms with Crippen molar-refractivity contribution in [3.05, 3.63) is 23.8 Å². The molecule has 0 radical (unpaired) electrons. The molecule has 1 saturated carbocycles. The number of alkyl halides is 3. The number of halogens is 3. The molecule has 2 N–H and O–H groups in total. The molecule has 0 unspecified atom stereocenters. The molecular weight excluding hydrogens is 359 g/mol. The highest BCUT2D eigenvalue weighted by molar-refractivity contribution is 5.90. The Labute approximate surface area is 157 Å². The van der Waals surface area contributed by atoms with Crippen LogP contribution in [0.2, 0.25) is 0 Å². The summed E-state index contributed by atoms with van der Waals surface area (Å²) >= 11 is 0.